The van der Waals surface area contributed by atoms with Crippen LogP contribution >= 0.6 is 11.6 Å². The molecule has 0 radical (unpaired) electrons. The van der Waals surface area contributed by atoms with Crippen molar-refractivity contribution in [3.63, 3.8) is 0 Å². The van der Waals surface area contributed by atoms with E-state index in [2.05, 4.69) is 49.5 Å². The number of nitrogens with one attached hydrogen (secondary N) is 1. The first-order chi connectivity index (χ1) is 8.24. The third-order valence-electron chi connectivity index (χ3n) is 3.11. The Morgan fingerprint density at radius 1 is 1.12 bits per heavy atom. The summed E-state index contributed by atoms with van der Waals surface area (Å²) in [6.45, 7) is 5.50. The Hall–Kier alpha value is -0.530. The monoisotopic (exact) mass is 253 g/mol. The summed E-state index contributed by atoms with van der Waals surface area (Å²) in [5, 5.41) is 3.52. The van der Waals surface area contributed by atoms with Crippen molar-refractivity contribution in [1.29, 1.82) is 0 Å². The number of alkyl halides is 1. The van der Waals surface area contributed by atoms with Gasteiger partial charge in [0.1, 0.15) is 0 Å². The normalized spacial score (nSPS) is 12.9. The molecule has 0 saturated heterocycles. The Kier molecular flexibility index (Phi) is 7.30. The van der Waals surface area contributed by atoms with Gasteiger partial charge in [0.15, 0.2) is 0 Å². The van der Waals surface area contributed by atoms with E-state index in [1.165, 1.54) is 24.8 Å². The van der Waals surface area contributed by atoms with Crippen molar-refractivity contribution in [2.75, 3.05) is 12.4 Å². The second-order valence-corrected chi connectivity index (χ2v) is 5.21. The predicted octanol–water partition coefficient (Wildman–Crippen LogP) is 3.86. The first-order valence-electron chi connectivity index (χ1n) is 6.57. The number of rotatable bonds is 8. The number of hydrogen-bond acceptors (Lipinski definition) is 1. The second-order valence-electron chi connectivity index (χ2n) is 4.90. The van der Waals surface area contributed by atoms with Crippen molar-refractivity contribution < 1.29 is 0 Å². The molecular formula is C15H24ClN. The highest BCUT2D eigenvalue weighted by atomic mass is 35.5. The molecule has 1 rings (SSSR count). The molecule has 0 heterocycles. The zero-order chi connectivity index (χ0) is 12.5. The summed E-state index contributed by atoms with van der Waals surface area (Å²) in [5.41, 5.74) is 1.44. The zero-order valence-corrected chi connectivity index (χ0v) is 11.7. The smallest absolute Gasteiger partial charge is 0.0379 e. The van der Waals surface area contributed by atoms with E-state index in [-0.39, 0.29) is 0 Å². The number of unbranched alkanes of at least 4 members (excludes halogenated alkanes) is 1. The Morgan fingerprint density at radius 3 is 2.41 bits per heavy atom. The summed E-state index contributed by atoms with van der Waals surface area (Å²) in [7, 11) is 0. The average molecular weight is 254 g/mol. The van der Waals surface area contributed by atoms with Crippen LogP contribution in [-0.4, -0.2) is 18.5 Å². The van der Waals surface area contributed by atoms with Crippen LogP contribution < -0.4 is 5.32 Å². The van der Waals surface area contributed by atoms with Gasteiger partial charge in [-0.05, 0) is 37.3 Å². The maximum atomic E-state index is 5.91. The lowest BCUT2D eigenvalue weighted by atomic mass is 10.1. The Balaban J connectivity index is 2.08. The SMILES string of the molecule is CC(C)C(CCl)NCCCCc1ccccc1. The van der Waals surface area contributed by atoms with E-state index in [4.69, 9.17) is 11.6 Å². The Morgan fingerprint density at radius 2 is 1.82 bits per heavy atom. The highest BCUT2D eigenvalue weighted by Crippen LogP contribution is 2.06. The van der Waals surface area contributed by atoms with Crippen LogP contribution in [0.3, 0.4) is 0 Å². The van der Waals surface area contributed by atoms with Gasteiger partial charge in [-0.1, -0.05) is 44.2 Å². The Bertz CT molecular complexity index is 284. The second kappa shape index (κ2) is 8.54. The molecule has 0 spiro atoms. The largest absolute Gasteiger partial charge is 0.313 e. The van der Waals surface area contributed by atoms with Gasteiger partial charge in [-0.25, -0.2) is 0 Å². The Labute approximate surface area is 111 Å². The molecule has 2 heteroatoms. The van der Waals surface area contributed by atoms with E-state index in [0.29, 0.717) is 17.8 Å². The average Bonchev–Trinajstić information content (AvgIpc) is 2.34. The first kappa shape index (κ1) is 14.5. The van der Waals surface area contributed by atoms with E-state index in [9.17, 15) is 0 Å². The predicted molar refractivity (Wildman–Crippen MR) is 76.7 cm³/mol. The van der Waals surface area contributed by atoms with E-state index in [1.54, 1.807) is 0 Å². The molecule has 0 aliphatic heterocycles. The fourth-order valence-electron chi connectivity index (χ4n) is 1.85. The van der Waals surface area contributed by atoms with Crippen LogP contribution in [0.15, 0.2) is 30.3 Å². The minimum Gasteiger partial charge on any atom is -0.313 e. The van der Waals surface area contributed by atoms with E-state index >= 15 is 0 Å². The molecule has 0 bridgehead atoms. The summed E-state index contributed by atoms with van der Waals surface area (Å²) in [6, 6.07) is 11.1. The lowest BCUT2D eigenvalue weighted by molar-refractivity contribution is 0.425. The molecule has 0 aromatic heterocycles. The molecule has 1 aromatic carbocycles. The van der Waals surface area contributed by atoms with Gasteiger partial charge in [-0.3, -0.25) is 0 Å². The van der Waals surface area contributed by atoms with Crippen molar-refractivity contribution in [2.24, 2.45) is 5.92 Å². The van der Waals surface area contributed by atoms with Gasteiger partial charge < -0.3 is 5.32 Å². The van der Waals surface area contributed by atoms with Crippen LogP contribution in [0.1, 0.15) is 32.3 Å². The summed E-state index contributed by atoms with van der Waals surface area (Å²) >= 11 is 5.91. The maximum Gasteiger partial charge on any atom is 0.0379 e. The molecule has 0 aliphatic carbocycles. The molecule has 1 N–H and O–H groups in total. The van der Waals surface area contributed by atoms with Crippen molar-refractivity contribution in [3.05, 3.63) is 35.9 Å². The molecule has 1 nitrogen and oxygen atoms in total. The number of halogens is 1. The highest BCUT2D eigenvalue weighted by Gasteiger charge is 2.09. The van der Waals surface area contributed by atoms with Gasteiger partial charge in [0.05, 0.1) is 0 Å². The van der Waals surface area contributed by atoms with Crippen molar-refractivity contribution in [3.8, 4) is 0 Å². The number of aryl methyl sites for hydroxylation is 1. The topological polar surface area (TPSA) is 12.0 Å². The third kappa shape index (κ3) is 6.09. The molecule has 1 aromatic rings. The molecule has 1 atom stereocenters. The zero-order valence-electron chi connectivity index (χ0n) is 11.0. The number of benzene rings is 1. The minimum absolute atomic E-state index is 0.452. The fraction of sp³-hybridized carbons (Fsp3) is 0.600. The van der Waals surface area contributed by atoms with Gasteiger partial charge in [0.25, 0.3) is 0 Å². The summed E-state index contributed by atoms with van der Waals surface area (Å²) in [5.74, 6) is 1.32. The maximum absolute atomic E-state index is 5.91. The van der Waals surface area contributed by atoms with Crippen LogP contribution in [0, 0.1) is 5.92 Å². The standard InChI is InChI=1S/C15H24ClN/c1-13(2)15(12-16)17-11-7-6-10-14-8-4-3-5-9-14/h3-5,8-9,13,15,17H,6-7,10-12H2,1-2H3. The van der Waals surface area contributed by atoms with E-state index < -0.39 is 0 Å². The summed E-state index contributed by atoms with van der Waals surface area (Å²) < 4.78 is 0. The van der Waals surface area contributed by atoms with Crippen LogP contribution in [0.4, 0.5) is 0 Å². The molecular weight excluding hydrogens is 230 g/mol. The summed E-state index contributed by atoms with van der Waals surface area (Å²) in [4.78, 5) is 0. The van der Waals surface area contributed by atoms with Crippen molar-refractivity contribution in [1.82, 2.24) is 5.32 Å². The van der Waals surface area contributed by atoms with Crippen LogP contribution in [0.2, 0.25) is 0 Å². The fourth-order valence-corrected chi connectivity index (χ4v) is 2.32. The summed E-state index contributed by atoms with van der Waals surface area (Å²) in [6.07, 6.45) is 3.63. The van der Waals surface area contributed by atoms with Gasteiger partial charge >= 0.3 is 0 Å². The molecule has 1 unspecified atom stereocenters. The molecule has 96 valence electrons. The molecule has 0 aliphatic rings. The molecule has 0 amide bonds. The molecule has 17 heavy (non-hydrogen) atoms. The van der Waals surface area contributed by atoms with Gasteiger partial charge in [-0.2, -0.15) is 0 Å². The van der Waals surface area contributed by atoms with Gasteiger partial charge in [-0.15, -0.1) is 11.6 Å². The lowest BCUT2D eigenvalue weighted by Gasteiger charge is -2.19. The first-order valence-corrected chi connectivity index (χ1v) is 7.10. The van der Waals surface area contributed by atoms with Crippen LogP contribution in [0.25, 0.3) is 0 Å². The van der Waals surface area contributed by atoms with Crippen LogP contribution in [0.5, 0.6) is 0 Å². The highest BCUT2D eigenvalue weighted by molar-refractivity contribution is 6.18. The lowest BCUT2D eigenvalue weighted by Crippen LogP contribution is -2.36. The van der Waals surface area contributed by atoms with E-state index in [0.717, 1.165) is 6.54 Å². The van der Waals surface area contributed by atoms with E-state index in [1.807, 2.05) is 0 Å². The molecule has 0 saturated carbocycles. The van der Waals surface area contributed by atoms with Crippen molar-refractivity contribution in [2.45, 2.75) is 39.2 Å². The number of hydrogen-bond donors (Lipinski definition) is 1. The minimum atomic E-state index is 0.452. The third-order valence-corrected chi connectivity index (χ3v) is 3.45. The van der Waals surface area contributed by atoms with Crippen LogP contribution in [-0.2, 0) is 6.42 Å². The van der Waals surface area contributed by atoms with Gasteiger partial charge in [0, 0.05) is 11.9 Å². The quantitative estimate of drug-likeness (QED) is 0.548. The van der Waals surface area contributed by atoms with Crippen molar-refractivity contribution >= 4 is 11.6 Å². The van der Waals surface area contributed by atoms with Gasteiger partial charge in [0.2, 0.25) is 0 Å². The molecule has 0 fully saturated rings.